The quantitative estimate of drug-likeness (QED) is 0.782. The zero-order chi connectivity index (χ0) is 13.1. The van der Waals surface area contributed by atoms with Crippen molar-refractivity contribution in [2.24, 2.45) is 0 Å². The van der Waals surface area contributed by atoms with Gasteiger partial charge in [-0.3, -0.25) is 4.79 Å². The van der Waals surface area contributed by atoms with Crippen LogP contribution in [0.4, 0.5) is 17.3 Å². The van der Waals surface area contributed by atoms with Crippen LogP contribution in [-0.2, 0) is 0 Å². The van der Waals surface area contributed by atoms with Crippen molar-refractivity contribution in [1.82, 2.24) is 9.97 Å². The zero-order valence-corrected chi connectivity index (χ0v) is 10.8. The highest BCUT2D eigenvalue weighted by atomic mass is 79.9. The number of amides is 1. The normalized spacial score (nSPS) is 10.1. The molecular weight excluding hydrogens is 298 g/mol. The number of rotatable bonds is 2. The maximum absolute atomic E-state index is 11.9. The maximum atomic E-state index is 11.9. The molecule has 1 aromatic heterocycles. The SMILES string of the molecule is Nc1ncnc(N)c1NC(=O)c1ccc(Br)cc1. The van der Waals surface area contributed by atoms with Gasteiger partial charge in [0.1, 0.15) is 12.0 Å². The van der Waals surface area contributed by atoms with Crippen LogP contribution >= 0.6 is 15.9 Å². The molecule has 1 amide bonds. The van der Waals surface area contributed by atoms with E-state index in [1.54, 1.807) is 24.3 Å². The van der Waals surface area contributed by atoms with Gasteiger partial charge in [-0.1, -0.05) is 15.9 Å². The molecule has 0 aliphatic heterocycles. The molecule has 2 aromatic rings. The Morgan fingerprint density at radius 3 is 2.22 bits per heavy atom. The van der Waals surface area contributed by atoms with Gasteiger partial charge in [0.2, 0.25) is 0 Å². The molecule has 1 aromatic carbocycles. The standard InChI is InChI=1S/C11H10BrN5O/c12-7-3-1-6(2-4-7)11(18)17-8-9(13)15-5-16-10(8)14/h1-5H,(H,17,18)(H4,13,14,15,16). The first-order valence-corrected chi connectivity index (χ1v) is 5.80. The molecule has 1 heterocycles. The first-order valence-electron chi connectivity index (χ1n) is 5.01. The predicted octanol–water partition coefficient (Wildman–Crippen LogP) is 1.66. The smallest absolute Gasteiger partial charge is 0.255 e. The monoisotopic (exact) mass is 307 g/mol. The number of anilines is 3. The lowest BCUT2D eigenvalue weighted by Crippen LogP contribution is -2.15. The number of hydrogen-bond acceptors (Lipinski definition) is 5. The van der Waals surface area contributed by atoms with E-state index in [2.05, 4.69) is 31.2 Å². The number of hydrogen-bond donors (Lipinski definition) is 3. The van der Waals surface area contributed by atoms with Gasteiger partial charge in [0.05, 0.1) is 0 Å². The molecule has 0 fully saturated rings. The Kier molecular flexibility index (Phi) is 3.42. The lowest BCUT2D eigenvalue weighted by atomic mass is 10.2. The van der Waals surface area contributed by atoms with E-state index in [0.29, 0.717) is 5.56 Å². The molecule has 0 bridgehead atoms. The fourth-order valence-electron chi connectivity index (χ4n) is 1.33. The van der Waals surface area contributed by atoms with E-state index in [-0.39, 0.29) is 23.2 Å². The van der Waals surface area contributed by atoms with Crippen molar-refractivity contribution >= 4 is 39.2 Å². The van der Waals surface area contributed by atoms with Crippen molar-refractivity contribution in [3.63, 3.8) is 0 Å². The number of nitrogens with one attached hydrogen (secondary N) is 1. The first kappa shape index (κ1) is 12.3. The maximum Gasteiger partial charge on any atom is 0.255 e. The van der Waals surface area contributed by atoms with Crippen molar-refractivity contribution < 1.29 is 4.79 Å². The Bertz CT molecular complexity index is 564. The molecule has 0 saturated carbocycles. The van der Waals surface area contributed by atoms with Gasteiger partial charge < -0.3 is 16.8 Å². The Labute approximate surface area is 112 Å². The van der Waals surface area contributed by atoms with Crippen molar-refractivity contribution in [3.05, 3.63) is 40.6 Å². The minimum atomic E-state index is -0.323. The van der Waals surface area contributed by atoms with Crippen molar-refractivity contribution in [1.29, 1.82) is 0 Å². The Morgan fingerprint density at radius 2 is 1.67 bits per heavy atom. The van der Waals surface area contributed by atoms with Crippen LogP contribution in [0.15, 0.2) is 35.1 Å². The second kappa shape index (κ2) is 5.01. The summed E-state index contributed by atoms with van der Waals surface area (Å²) in [6.07, 6.45) is 1.24. The molecule has 0 unspecified atom stereocenters. The summed E-state index contributed by atoms with van der Waals surface area (Å²) in [6.45, 7) is 0. The van der Waals surface area contributed by atoms with Gasteiger partial charge in [0.15, 0.2) is 11.6 Å². The average molecular weight is 308 g/mol. The summed E-state index contributed by atoms with van der Waals surface area (Å²) in [4.78, 5) is 19.5. The summed E-state index contributed by atoms with van der Waals surface area (Å²) in [5.41, 5.74) is 12.0. The summed E-state index contributed by atoms with van der Waals surface area (Å²) in [7, 11) is 0. The van der Waals surface area contributed by atoms with E-state index < -0.39 is 0 Å². The van der Waals surface area contributed by atoms with Crippen LogP contribution in [-0.4, -0.2) is 15.9 Å². The van der Waals surface area contributed by atoms with Crippen LogP contribution in [0.5, 0.6) is 0 Å². The third kappa shape index (κ3) is 2.57. The molecule has 5 N–H and O–H groups in total. The van der Waals surface area contributed by atoms with Gasteiger partial charge >= 0.3 is 0 Å². The lowest BCUT2D eigenvalue weighted by Gasteiger charge is -2.09. The topological polar surface area (TPSA) is 107 Å². The van der Waals surface area contributed by atoms with E-state index in [1.807, 2.05) is 0 Å². The molecule has 0 aliphatic carbocycles. The van der Waals surface area contributed by atoms with Crippen molar-refractivity contribution in [2.75, 3.05) is 16.8 Å². The van der Waals surface area contributed by atoms with Gasteiger partial charge in [-0.05, 0) is 24.3 Å². The van der Waals surface area contributed by atoms with E-state index in [9.17, 15) is 4.79 Å². The Balaban J connectivity index is 2.24. The molecule has 7 heteroatoms. The molecule has 0 aliphatic rings. The third-order valence-electron chi connectivity index (χ3n) is 2.25. The summed E-state index contributed by atoms with van der Waals surface area (Å²) in [6, 6.07) is 6.89. The number of nitrogens with zero attached hydrogens (tertiary/aromatic N) is 2. The van der Waals surface area contributed by atoms with Gasteiger partial charge in [0.25, 0.3) is 5.91 Å². The predicted molar refractivity (Wildman–Crippen MR) is 73.0 cm³/mol. The number of nitrogen functional groups attached to an aromatic ring is 2. The highest BCUT2D eigenvalue weighted by Crippen LogP contribution is 2.21. The third-order valence-corrected chi connectivity index (χ3v) is 2.78. The van der Waals surface area contributed by atoms with Crippen LogP contribution in [0.25, 0.3) is 0 Å². The number of benzene rings is 1. The van der Waals surface area contributed by atoms with Gasteiger partial charge in [-0.25, -0.2) is 9.97 Å². The molecule has 2 rings (SSSR count). The number of carbonyl (C=O) groups excluding carboxylic acids is 1. The van der Waals surface area contributed by atoms with Crippen LogP contribution in [0.1, 0.15) is 10.4 Å². The number of halogens is 1. The highest BCUT2D eigenvalue weighted by Gasteiger charge is 2.11. The molecule has 0 saturated heterocycles. The molecule has 92 valence electrons. The lowest BCUT2D eigenvalue weighted by molar-refractivity contribution is 0.102. The number of nitrogens with two attached hydrogens (primary N) is 2. The summed E-state index contributed by atoms with van der Waals surface area (Å²) < 4.78 is 0.890. The van der Waals surface area contributed by atoms with Crippen LogP contribution in [0.3, 0.4) is 0 Å². The van der Waals surface area contributed by atoms with E-state index in [0.717, 1.165) is 4.47 Å². The largest absolute Gasteiger partial charge is 0.382 e. The van der Waals surface area contributed by atoms with E-state index >= 15 is 0 Å². The number of carbonyl (C=O) groups is 1. The fourth-order valence-corrected chi connectivity index (χ4v) is 1.59. The molecule has 6 nitrogen and oxygen atoms in total. The Hall–Kier alpha value is -2.15. The Morgan fingerprint density at radius 1 is 1.11 bits per heavy atom. The summed E-state index contributed by atoms with van der Waals surface area (Å²) in [5.74, 6) is -0.0587. The summed E-state index contributed by atoms with van der Waals surface area (Å²) >= 11 is 3.29. The van der Waals surface area contributed by atoms with E-state index in [1.165, 1.54) is 6.33 Å². The van der Waals surface area contributed by atoms with Crippen LogP contribution < -0.4 is 16.8 Å². The molecule has 0 atom stereocenters. The van der Waals surface area contributed by atoms with E-state index in [4.69, 9.17) is 11.5 Å². The van der Waals surface area contributed by atoms with Crippen LogP contribution in [0.2, 0.25) is 0 Å². The summed E-state index contributed by atoms with van der Waals surface area (Å²) in [5, 5.41) is 2.58. The molecule has 18 heavy (non-hydrogen) atoms. The molecule has 0 spiro atoms. The minimum absolute atomic E-state index is 0.132. The average Bonchev–Trinajstić information content (AvgIpc) is 2.34. The van der Waals surface area contributed by atoms with Gasteiger partial charge in [-0.15, -0.1) is 0 Å². The van der Waals surface area contributed by atoms with Gasteiger partial charge in [0, 0.05) is 10.0 Å². The minimum Gasteiger partial charge on any atom is -0.382 e. The molecule has 0 radical (unpaired) electrons. The second-order valence-electron chi connectivity index (χ2n) is 3.48. The zero-order valence-electron chi connectivity index (χ0n) is 9.22. The van der Waals surface area contributed by atoms with Crippen molar-refractivity contribution in [3.8, 4) is 0 Å². The number of aromatic nitrogens is 2. The first-order chi connectivity index (χ1) is 8.58. The highest BCUT2D eigenvalue weighted by molar-refractivity contribution is 9.10. The van der Waals surface area contributed by atoms with Crippen molar-refractivity contribution in [2.45, 2.75) is 0 Å². The van der Waals surface area contributed by atoms with Gasteiger partial charge in [-0.2, -0.15) is 0 Å². The van der Waals surface area contributed by atoms with Crippen LogP contribution in [0, 0.1) is 0 Å². The molecular formula is C11H10BrN5O. The second-order valence-corrected chi connectivity index (χ2v) is 4.40. The fraction of sp³-hybridized carbons (Fsp3) is 0.